The highest BCUT2D eigenvalue weighted by molar-refractivity contribution is 6.30. The summed E-state index contributed by atoms with van der Waals surface area (Å²) in [5.74, 6) is 0. The number of nitrogens with one attached hydrogen (secondary N) is 2. The summed E-state index contributed by atoms with van der Waals surface area (Å²) in [7, 11) is 0. The number of hydrogen-bond donors (Lipinski definition) is 2. The number of carbonyl (C=O) groups is 1. The lowest BCUT2D eigenvalue weighted by atomic mass is 10.1. The van der Waals surface area contributed by atoms with E-state index in [0.717, 1.165) is 37.6 Å². The van der Waals surface area contributed by atoms with Gasteiger partial charge >= 0.3 is 6.03 Å². The maximum absolute atomic E-state index is 12.3. The Kier molecular flexibility index (Phi) is 6.72. The van der Waals surface area contributed by atoms with Crippen LogP contribution in [0.1, 0.15) is 37.1 Å². The van der Waals surface area contributed by atoms with Gasteiger partial charge in [-0.25, -0.2) is 4.79 Å². The van der Waals surface area contributed by atoms with Gasteiger partial charge < -0.3 is 15.4 Å². The number of hydrogen-bond acceptors (Lipinski definition) is 3. The lowest BCUT2D eigenvalue weighted by molar-refractivity contribution is 0.0198. The Morgan fingerprint density at radius 1 is 1.07 bits per heavy atom. The average molecular weight is 388 g/mol. The molecule has 0 saturated carbocycles. The number of urea groups is 1. The van der Waals surface area contributed by atoms with Gasteiger partial charge in [0.15, 0.2) is 0 Å². The number of morpholine rings is 1. The molecule has 0 aromatic heterocycles. The Balaban J connectivity index is 1.55. The molecule has 2 N–H and O–H groups in total. The van der Waals surface area contributed by atoms with E-state index in [-0.39, 0.29) is 12.1 Å². The van der Waals surface area contributed by atoms with Crippen LogP contribution in [0.5, 0.6) is 0 Å². The third kappa shape index (κ3) is 5.45. The van der Waals surface area contributed by atoms with Crippen molar-refractivity contribution in [3.05, 3.63) is 64.7 Å². The second-order valence-corrected chi connectivity index (χ2v) is 7.26. The summed E-state index contributed by atoms with van der Waals surface area (Å²) in [6.45, 7) is 7.60. The molecule has 1 saturated heterocycles. The Hall–Kier alpha value is -2.08. The maximum Gasteiger partial charge on any atom is 0.319 e. The number of carbonyl (C=O) groups excluding carboxylic acids is 1. The molecule has 1 aliphatic heterocycles. The second-order valence-electron chi connectivity index (χ2n) is 6.82. The Morgan fingerprint density at radius 3 is 2.44 bits per heavy atom. The molecule has 2 aromatic rings. The predicted octanol–water partition coefficient (Wildman–Crippen LogP) is 4.62. The molecule has 6 heteroatoms. The maximum atomic E-state index is 12.3. The summed E-state index contributed by atoms with van der Waals surface area (Å²) < 4.78 is 5.42. The predicted molar refractivity (Wildman–Crippen MR) is 109 cm³/mol. The molecule has 27 heavy (non-hydrogen) atoms. The largest absolute Gasteiger partial charge is 0.379 e. The molecule has 0 spiro atoms. The van der Waals surface area contributed by atoms with E-state index in [1.165, 1.54) is 5.56 Å². The SMILES string of the molecule is CC(NC(=O)Nc1ccc(C(C)N2CCOCC2)cc1)c1cccc(Cl)c1. The molecule has 0 bridgehead atoms. The third-order valence-corrected chi connectivity index (χ3v) is 5.18. The summed E-state index contributed by atoms with van der Waals surface area (Å²) in [5.41, 5.74) is 2.96. The van der Waals surface area contributed by atoms with Gasteiger partial charge in [-0.05, 0) is 49.2 Å². The lowest BCUT2D eigenvalue weighted by Gasteiger charge is -2.32. The van der Waals surface area contributed by atoms with E-state index >= 15 is 0 Å². The average Bonchev–Trinajstić information content (AvgIpc) is 2.68. The van der Waals surface area contributed by atoms with Crippen LogP contribution in [0.4, 0.5) is 10.5 Å². The van der Waals surface area contributed by atoms with Crippen molar-refractivity contribution < 1.29 is 9.53 Å². The van der Waals surface area contributed by atoms with E-state index in [9.17, 15) is 4.79 Å². The second kappa shape index (κ2) is 9.22. The summed E-state index contributed by atoms with van der Waals surface area (Å²) in [5, 5.41) is 6.48. The van der Waals surface area contributed by atoms with Gasteiger partial charge in [-0.3, -0.25) is 4.90 Å². The molecule has 2 amide bonds. The number of anilines is 1. The molecule has 1 fully saturated rings. The first-order chi connectivity index (χ1) is 13.0. The summed E-state index contributed by atoms with van der Waals surface area (Å²) >= 11 is 6.01. The Labute approximate surface area is 165 Å². The fraction of sp³-hybridized carbons (Fsp3) is 0.381. The fourth-order valence-corrected chi connectivity index (χ4v) is 3.44. The van der Waals surface area contributed by atoms with Crippen molar-refractivity contribution in [3.8, 4) is 0 Å². The first-order valence-corrected chi connectivity index (χ1v) is 9.65. The highest BCUT2D eigenvalue weighted by Crippen LogP contribution is 2.23. The zero-order chi connectivity index (χ0) is 19.2. The number of ether oxygens (including phenoxy) is 1. The molecule has 2 aromatic carbocycles. The summed E-state index contributed by atoms with van der Waals surface area (Å²) in [4.78, 5) is 14.7. The molecule has 1 heterocycles. The molecule has 144 valence electrons. The van der Waals surface area contributed by atoms with E-state index in [1.54, 1.807) is 0 Å². The van der Waals surface area contributed by atoms with Gasteiger partial charge in [0.2, 0.25) is 0 Å². The van der Waals surface area contributed by atoms with Crippen molar-refractivity contribution in [1.82, 2.24) is 10.2 Å². The monoisotopic (exact) mass is 387 g/mol. The van der Waals surface area contributed by atoms with Gasteiger partial charge in [-0.2, -0.15) is 0 Å². The molecule has 2 unspecified atom stereocenters. The molecule has 2 atom stereocenters. The number of rotatable bonds is 5. The minimum atomic E-state index is -0.239. The van der Waals surface area contributed by atoms with Crippen LogP contribution in [0, 0.1) is 0 Å². The zero-order valence-electron chi connectivity index (χ0n) is 15.7. The van der Waals surface area contributed by atoms with Crippen LogP contribution >= 0.6 is 11.6 Å². The highest BCUT2D eigenvalue weighted by Gasteiger charge is 2.18. The molecule has 0 aliphatic carbocycles. The zero-order valence-corrected chi connectivity index (χ0v) is 16.5. The first-order valence-electron chi connectivity index (χ1n) is 9.27. The van der Waals surface area contributed by atoms with Gasteiger partial charge in [0.05, 0.1) is 19.3 Å². The van der Waals surface area contributed by atoms with E-state index < -0.39 is 0 Å². The quantitative estimate of drug-likeness (QED) is 0.787. The van der Waals surface area contributed by atoms with Gasteiger partial charge in [-0.15, -0.1) is 0 Å². The van der Waals surface area contributed by atoms with Gasteiger partial charge in [0, 0.05) is 29.8 Å². The van der Waals surface area contributed by atoms with Crippen LogP contribution in [0.3, 0.4) is 0 Å². The van der Waals surface area contributed by atoms with Crippen molar-refractivity contribution in [2.45, 2.75) is 25.9 Å². The van der Waals surface area contributed by atoms with Crippen LogP contribution in [0.2, 0.25) is 5.02 Å². The molecule has 5 nitrogen and oxygen atoms in total. The minimum Gasteiger partial charge on any atom is -0.379 e. The normalized spacial score (nSPS) is 17.1. The summed E-state index contributed by atoms with van der Waals surface area (Å²) in [6.07, 6.45) is 0. The van der Waals surface area contributed by atoms with Crippen molar-refractivity contribution in [3.63, 3.8) is 0 Å². The van der Waals surface area contributed by atoms with Crippen molar-refractivity contribution in [1.29, 1.82) is 0 Å². The van der Waals surface area contributed by atoms with Crippen LogP contribution in [0.25, 0.3) is 0 Å². The van der Waals surface area contributed by atoms with Crippen LogP contribution < -0.4 is 10.6 Å². The minimum absolute atomic E-state index is 0.135. The molecular formula is C21H26ClN3O2. The van der Waals surface area contributed by atoms with E-state index in [2.05, 4.69) is 34.6 Å². The molecule has 0 radical (unpaired) electrons. The topological polar surface area (TPSA) is 53.6 Å². The molecule has 3 rings (SSSR count). The van der Waals surface area contributed by atoms with Crippen molar-refractivity contribution in [2.75, 3.05) is 31.6 Å². The van der Waals surface area contributed by atoms with Gasteiger partial charge in [0.1, 0.15) is 0 Å². The van der Waals surface area contributed by atoms with Crippen LogP contribution in [0.15, 0.2) is 48.5 Å². The summed E-state index contributed by atoms with van der Waals surface area (Å²) in [6, 6.07) is 15.5. The number of amides is 2. The van der Waals surface area contributed by atoms with E-state index in [1.807, 2.05) is 43.3 Å². The van der Waals surface area contributed by atoms with Gasteiger partial charge in [0.25, 0.3) is 0 Å². The van der Waals surface area contributed by atoms with E-state index in [0.29, 0.717) is 11.1 Å². The fourth-order valence-electron chi connectivity index (χ4n) is 3.24. The number of nitrogens with zero attached hydrogens (tertiary/aromatic N) is 1. The van der Waals surface area contributed by atoms with Gasteiger partial charge in [-0.1, -0.05) is 35.9 Å². The Morgan fingerprint density at radius 2 is 1.78 bits per heavy atom. The highest BCUT2D eigenvalue weighted by atomic mass is 35.5. The third-order valence-electron chi connectivity index (χ3n) is 4.94. The van der Waals surface area contributed by atoms with Crippen molar-refractivity contribution >= 4 is 23.3 Å². The molecule has 1 aliphatic rings. The number of benzene rings is 2. The van der Waals surface area contributed by atoms with Crippen LogP contribution in [-0.2, 0) is 4.74 Å². The smallest absolute Gasteiger partial charge is 0.319 e. The Bertz CT molecular complexity index is 760. The first kappa shape index (κ1) is 19.7. The van der Waals surface area contributed by atoms with Crippen LogP contribution in [-0.4, -0.2) is 37.2 Å². The molecular weight excluding hydrogens is 362 g/mol. The standard InChI is InChI=1S/C21H26ClN3O2/c1-15(18-4-3-5-19(22)14-18)23-21(26)24-20-8-6-17(7-9-20)16(2)25-10-12-27-13-11-25/h3-9,14-16H,10-13H2,1-2H3,(H2,23,24,26). The lowest BCUT2D eigenvalue weighted by Crippen LogP contribution is -2.38. The van der Waals surface area contributed by atoms with Crippen molar-refractivity contribution in [2.24, 2.45) is 0 Å². The van der Waals surface area contributed by atoms with E-state index in [4.69, 9.17) is 16.3 Å². The number of halogens is 1.